The van der Waals surface area contributed by atoms with Gasteiger partial charge in [-0.25, -0.2) is 20.2 Å². The molecule has 24 heavy (non-hydrogen) atoms. The van der Waals surface area contributed by atoms with E-state index in [-0.39, 0.29) is 0 Å². The van der Waals surface area contributed by atoms with Gasteiger partial charge in [0.15, 0.2) is 0 Å². The van der Waals surface area contributed by atoms with Crippen molar-refractivity contribution in [3.05, 3.63) is 34.7 Å². The number of ether oxygens (including phenoxy) is 1. The fourth-order valence-corrected chi connectivity index (χ4v) is 3.37. The van der Waals surface area contributed by atoms with Crippen molar-refractivity contribution in [3.63, 3.8) is 0 Å². The summed E-state index contributed by atoms with van der Waals surface area (Å²) in [4.78, 5) is 19.8. The Morgan fingerprint density at radius 2 is 2.21 bits per heavy atom. The number of hydrazine groups is 1. The number of benzene rings is 1. The molecule has 2 N–H and O–H groups in total. The van der Waals surface area contributed by atoms with Gasteiger partial charge in [-0.1, -0.05) is 12.1 Å². The highest BCUT2D eigenvalue weighted by atomic mass is 32.1. The highest BCUT2D eigenvalue weighted by Gasteiger charge is 2.11. The van der Waals surface area contributed by atoms with Gasteiger partial charge in [0.05, 0.1) is 12.3 Å². The summed E-state index contributed by atoms with van der Waals surface area (Å²) in [7, 11) is 0. The van der Waals surface area contributed by atoms with Crippen molar-refractivity contribution < 1.29 is 9.53 Å². The first kappa shape index (κ1) is 16.4. The molecule has 1 aliphatic rings. The van der Waals surface area contributed by atoms with Crippen LogP contribution in [-0.2, 0) is 17.6 Å². The van der Waals surface area contributed by atoms with Gasteiger partial charge >= 0.3 is 6.09 Å². The zero-order chi connectivity index (χ0) is 16.8. The molecule has 1 aromatic carbocycles. The lowest BCUT2D eigenvalue weighted by molar-refractivity contribution is 0.150. The minimum atomic E-state index is -0.544. The number of carbonyl (C=O) groups is 1. The Balaban J connectivity index is 1.62. The molecule has 0 saturated carbocycles. The summed E-state index contributed by atoms with van der Waals surface area (Å²) in [5.74, 6) is 0. The van der Waals surface area contributed by atoms with E-state index in [9.17, 15) is 4.79 Å². The third-order valence-corrected chi connectivity index (χ3v) is 4.57. The molecule has 2 aromatic rings. The fraction of sp³-hybridized carbons (Fsp3) is 0.353. The van der Waals surface area contributed by atoms with E-state index in [0.717, 1.165) is 17.7 Å². The maximum absolute atomic E-state index is 11.1. The first-order valence-corrected chi connectivity index (χ1v) is 8.93. The number of carbonyl (C=O) groups excluding carboxylic acids is 1. The van der Waals surface area contributed by atoms with Crippen molar-refractivity contribution in [1.82, 2.24) is 15.8 Å². The number of nitrogens with one attached hydrogen (secondary N) is 2. The zero-order valence-electron chi connectivity index (χ0n) is 13.5. The molecule has 1 aromatic heterocycles. The van der Waals surface area contributed by atoms with Crippen LogP contribution < -0.4 is 10.9 Å². The number of aromatic nitrogens is 1. The van der Waals surface area contributed by atoms with Gasteiger partial charge in [0, 0.05) is 10.9 Å². The van der Waals surface area contributed by atoms with Gasteiger partial charge in [0.2, 0.25) is 5.13 Å². The Bertz CT molecular complexity index is 742. The molecule has 0 atom stereocenters. The Labute approximate surface area is 145 Å². The number of aryl methyl sites for hydroxylation is 2. The third-order valence-electron chi connectivity index (χ3n) is 3.83. The maximum Gasteiger partial charge on any atom is 0.425 e. The molecule has 126 valence electrons. The van der Waals surface area contributed by atoms with E-state index in [1.165, 1.54) is 48.1 Å². The number of thiazole rings is 1. The van der Waals surface area contributed by atoms with Crippen molar-refractivity contribution >= 4 is 28.9 Å². The molecule has 7 heteroatoms. The summed E-state index contributed by atoms with van der Waals surface area (Å²) in [5, 5.41) is 2.62. The smallest absolute Gasteiger partial charge is 0.425 e. The van der Waals surface area contributed by atoms with Crippen molar-refractivity contribution in [3.8, 4) is 11.3 Å². The van der Waals surface area contributed by atoms with E-state index in [2.05, 4.69) is 39.0 Å². The average molecular weight is 344 g/mol. The molecule has 1 heterocycles. The van der Waals surface area contributed by atoms with Crippen LogP contribution in [0, 0.1) is 0 Å². The number of hydrogen-bond donors (Lipinski definition) is 2. The van der Waals surface area contributed by atoms with Crippen molar-refractivity contribution in [2.45, 2.75) is 32.6 Å². The van der Waals surface area contributed by atoms with Crippen molar-refractivity contribution in [1.29, 1.82) is 0 Å². The number of aliphatic imine (C=N–C) groups is 1. The number of hydrogen-bond acceptors (Lipinski definition) is 5. The summed E-state index contributed by atoms with van der Waals surface area (Å²) < 4.78 is 4.71. The Morgan fingerprint density at radius 1 is 1.38 bits per heavy atom. The van der Waals surface area contributed by atoms with Crippen LogP contribution in [0.15, 0.2) is 28.6 Å². The molecule has 0 spiro atoms. The lowest BCUT2D eigenvalue weighted by Gasteiger charge is -2.15. The van der Waals surface area contributed by atoms with Crippen LogP contribution in [0.5, 0.6) is 0 Å². The summed E-state index contributed by atoms with van der Waals surface area (Å²) in [5.41, 5.74) is 9.87. The van der Waals surface area contributed by atoms with Crippen molar-refractivity contribution in [2.75, 3.05) is 6.61 Å². The summed E-state index contributed by atoms with van der Waals surface area (Å²) >= 11 is 1.46. The molecule has 0 fully saturated rings. The standard InChI is InChI=1S/C17H20N4O2S/c1-2-23-17(22)21-19-11-18-16-20-15(10-24-16)14-8-7-12-5-3-4-6-13(12)9-14/h7-11H,2-6H2,1H3,(H,21,22)(H,18,19,20). The van der Waals surface area contributed by atoms with Crippen molar-refractivity contribution in [2.24, 2.45) is 4.99 Å². The quantitative estimate of drug-likeness (QED) is 0.494. The molecular weight excluding hydrogens is 324 g/mol. The second kappa shape index (κ2) is 7.92. The minimum absolute atomic E-state index is 0.321. The maximum atomic E-state index is 11.1. The minimum Gasteiger partial charge on any atom is -0.449 e. The topological polar surface area (TPSA) is 75.6 Å². The molecule has 0 aliphatic heterocycles. The molecule has 0 saturated heterocycles. The van der Waals surface area contributed by atoms with Crippen LogP contribution in [0.3, 0.4) is 0 Å². The summed E-state index contributed by atoms with van der Waals surface area (Å²) in [6.45, 7) is 2.06. The van der Waals surface area contributed by atoms with E-state index in [0.29, 0.717) is 11.7 Å². The van der Waals surface area contributed by atoms with E-state index >= 15 is 0 Å². The monoisotopic (exact) mass is 344 g/mol. The third kappa shape index (κ3) is 4.11. The highest BCUT2D eigenvalue weighted by molar-refractivity contribution is 7.13. The van der Waals surface area contributed by atoms with Crippen LogP contribution in [0.2, 0.25) is 0 Å². The fourth-order valence-electron chi connectivity index (χ4n) is 2.69. The first-order valence-electron chi connectivity index (χ1n) is 8.05. The number of nitrogens with zero attached hydrogens (tertiary/aromatic N) is 2. The normalized spacial score (nSPS) is 13.5. The molecular formula is C17H20N4O2S. The van der Waals surface area contributed by atoms with E-state index in [4.69, 9.17) is 4.74 Å². The Kier molecular flexibility index (Phi) is 5.43. The second-order valence-electron chi connectivity index (χ2n) is 5.45. The van der Waals surface area contributed by atoms with Crippen LogP contribution in [0.25, 0.3) is 11.3 Å². The first-order chi connectivity index (χ1) is 11.8. The van der Waals surface area contributed by atoms with Crippen LogP contribution in [0.1, 0.15) is 30.9 Å². The van der Waals surface area contributed by atoms with E-state index in [1.807, 2.05) is 5.38 Å². The van der Waals surface area contributed by atoms with Gasteiger partial charge in [-0.2, -0.15) is 0 Å². The van der Waals surface area contributed by atoms with Gasteiger partial charge in [-0.05, 0) is 49.8 Å². The second-order valence-corrected chi connectivity index (χ2v) is 6.29. The van der Waals surface area contributed by atoms with Crippen LogP contribution in [-0.4, -0.2) is 24.0 Å². The molecule has 6 nitrogen and oxygen atoms in total. The van der Waals surface area contributed by atoms with Gasteiger partial charge in [0.1, 0.15) is 6.34 Å². The SMILES string of the molecule is CCOC(=O)NN/C=N/c1nc(-c2ccc3c(c2)CCCC3)cs1. The summed E-state index contributed by atoms with van der Waals surface area (Å²) in [6.07, 6.45) is 5.73. The molecule has 3 rings (SSSR count). The lowest BCUT2D eigenvalue weighted by atomic mass is 9.90. The van der Waals surface area contributed by atoms with Gasteiger partial charge in [-0.15, -0.1) is 11.3 Å². The lowest BCUT2D eigenvalue weighted by Crippen LogP contribution is -2.36. The van der Waals surface area contributed by atoms with Gasteiger partial charge in [0.25, 0.3) is 0 Å². The van der Waals surface area contributed by atoms with Crippen LogP contribution in [0.4, 0.5) is 9.93 Å². The molecule has 0 unspecified atom stereocenters. The Hall–Kier alpha value is -2.41. The largest absolute Gasteiger partial charge is 0.449 e. The molecule has 1 amide bonds. The van der Waals surface area contributed by atoms with Gasteiger partial charge in [-0.3, -0.25) is 5.43 Å². The predicted molar refractivity (Wildman–Crippen MR) is 95.6 cm³/mol. The number of fused-ring (bicyclic) bond motifs is 1. The molecule has 0 radical (unpaired) electrons. The zero-order valence-corrected chi connectivity index (χ0v) is 14.4. The number of rotatable bonds is 5. The average Bonchev–Trinajstić information content (AvgIpc) is 3.07. The van der Waals surface area contributed by atoms with E-state index in [1.54, 1.807) is 6.92 Å². The summed E-state index contributed by atoms with van der Waals surface area (Å²) in [6, 6.07) is 6.60. The van der Waals surface area contributed by atoms with Crippen LogP contribution >= 0.6 is 11.3 Å². The molecule has 0 bridgehead atoms. The van der Waals surface area contributed by atoms with E-state index < -0.39 is 6.09 Å². The highest BCUT2D eigenvalue weighted by Crippen LogP contribution is 2.30. The predicted octanol–water partition coefficient (Wildman–Crippen LogP) is 3.60. The number of amides is 1. The van der Waals surface area contributed by atoms with Gasteiger partial charge < -0.3 is 4.74 Å². The Morgan fingerprint density at radius 3 is 3.04 bits per heavy atom. The molecule has 1 aliphatic carbocycles.